The van der Waals surface area contributed by atoms with Crippen LogP contribution in [0.1, 0.15) is 31.9 Å². The first-order chi connectivity index (χ1) is 10.7. The van der Waals surface area contributed by atoms with Gasteiger partial charge in [-0.05, 0) is 29.2 Å². The fraction of sp³-hybridized carbons (Fsp3) is 0.333. The zero-order valence-corrected chi connectivity index (χ0v) is 14.8. The van der Waals surface area contributed by atoms with Crippen LogP contribution >= 0.6 is 0 Å². The first-order valence-electron chi connectivity index (χ1n) is 7.46. The van der Waals surface area contributed by atoms with E-state index < -0.39 is 10.0 Å². The lowest BCUT2D eigenvalue weighted by Crippen LogP contribution is -2.24. The van der Waals surface area contributed by atoms with Gasteiger partial charge in [0, 0.05) is 12.1 Å². The SMILES string of the molecule is COc1ccc(S(=O)(=O)NCc2ccccc2)cc1C(C)(C)C. The highest BCUT2D eigenvalue weighted by atomic mass is 32.2. The summed E-state index contributed by atoms with van der Waals surface area (Å²) in [6.07, 6.45) is 0. The zero-order chi connectivity index (χ0) is 17.1. The number of rotatable bonds is 5. The highest BCUT2D eigenvalue weighted by molar-refractivity contribution is 7.89. The van der Waals surface area contributed by atoms with Crippen LogP contribution in [0.3, 0.4) is 0 Å². The van der Waals surface area contributed by atoms with E-state index in [1.54, 1.807) is 25.3 Å². The molecule has 0 heterocycles. The molecule has 1 N–H and O–H groups in total. The van der Waals surface area contributed by atoms with Crippen molar-refractivity contribution in [1.82, 2.24) is 4.72 Å². The summed E-state index contributed by atoms with van der Waals surface area (Å²) in [6.45, 7) is 6.34. The largest absolute Gasteiger partial charge is 0.496 e. The van der Waals surface area contributed by atoms with Gasteiger partial charge in [0.05, 0.1) is 12.0 Å². The number of benzene rings is 2. The van der Waals surface area contributed by atoms with E-state index in [9.17, 15) is 8.42 Å². The highest BCUT2D eigenvalue weighted by Crippen LogP contribution is 2.33. The van der Waals surface area contributed by atoms with Crippen LogP contribution in [0.25, 0.3) is 0 Å². The van der Waals surface area contributed by atoms with Crippen LogP contribution in [0, 0.1) is 0 Å². The van der Waals surface area contributed by atoms with Crippen molar-refractivity contribution < 1.29 is 13.2 Å². The second-order valence-corrected chi connectivity index (χ2v) is 8.19. The lowest BCUT2D eigenvalue weighted by Gasteiger charge is -2.23. The lowest BCUT2D eigenvalue weighted by atomic mass is 9.86. The molecule has 0 unspecified atom stereocenters. The molecule has 0 aromatic heterocycles. The maximum Gasteiger partial charge on any atom is 0.240 e. The minimum atomic E-state index is -3.57. The minimum Gasteiger partial charge on any atom is -0.496 e. The molecule has 0 amide bonds. The Balaban J connectivity index is 2.29. The van der Waals surface area contributed by atoms with Gasteiger partial charge in [-0.15, -0.1) is 0 Å². The first-order valence-corrected chi connectivity index (χ1v) is 8.94. The molecule has 0 saturated heterocycles. The van der Waals surface area contributed by atoms with Crippen molar-refractivity contribution >= 4 is 10.0 Å². The Morgan fingerprint density at radius 2 is 1.70 bits per heavy atom. The molecule has 124 valence electrons. The van der Waals surface area contributed by atoms with Gasteiger partial charge >= 0.3 is 0 Å². The van der Waals surface area contributed by atoms with Crippen LogP contribution in [0.15, 0.2) is 53.4 Å². The molecule has 4 nitrogen and oxygen atoms in total. The van der Waals surface area contributed by atoms with E-state index in [2.05, 4.69) is 4.72 Å². The number of methoxy groups -OCH3 is 1. The van der Waals surface area contributed by atoms with Crippen molar-refractivity contribution in [3.05, 3.63) is 59.7 Å². The van der Waals surface area contributed by atoms with E-state index in [-0.39, 0.29) is 16.9 Å². The van der Waals surface area contributed by atoms with Gasteiger partial charge in [-0.1, -0.05) is 51.1 Å². The monoisotopic (exact) mass is 333 g/mol. The van der Waals surface area contributed by atoms with Gasteiger partial charge in [0.2, 0.25) is 10.0 Å². The summed E-state index contributed by atoms with van der Waals surface area (Å²) in [6, 6.07) is 14.4. The van der Waals surface area contributed by atoms with E-state index >= 15 is 0 Å². The van der Waals surface area contributed by atoms with E-state index in [4.69, 9.17) is 4.74 Å². The van der Waals surface area contributed by atoms with Crippen LogP contribution in [-0.4, -0.2) is 15.5 Å². The average Bonchev–Trinajstić information content (AvgIpc) is 2.52. The van der Waals surface area contributed by atoms with Crippen molar-refractivity contribution in [2.75, 3.05) is 7.11 Å². The molecule has 23 heavy (non-hydrogen) atoms. The molecule has 2 aromatic carbocycles. The quantitative estimate of drug-likeness (QED) is 0.911. The van der Waals surface area contributed by atoms with Gasteiger partial charge in [-0.3, -0.25) is 0 Å². The Kier molecular flexibility index (Phi) is 5.12. The molecule has 2 rings (SSSR count). The van der Waals surface area contributed by atoms with Crippen molar-refractivity contribution in [2.45, 2.75) is 37.6 Å². The molecule has 0 bridgehead atoms. The summed E-state index contributed by atoms with van der Waals surface area (Å²) in [5.41, 5.74) is 1.57. The second kappa shape index (κ2) is 6.72. The molecule has 2 aromatic rings. The topological polar surface area (TPSA) is 55.4 Å². The van der Waals surface area contributed by atoms with Crippen LogP contribution in [0.2, 0.25) is 0 Å². The van der Waals surface area contributed by atoms with E-state index in [0.29, 0.717) is 5.75 Å². The van der Waals surface area contributed by atoms with Crippen LogP contribution in [0.4, 0.5) is 0 Å². The van der Waals surface area contributed by atoms with Crippen molar-refractivity contribution in [3.63, 3.8) is 0 Å². The molecular weight excluding hydrogens is 310 g/mol. The number of ether oxygens (including phenoxy) is 1. The van der Waals surface area contributed by atoms with Gasteiger partial charge in [0.25, 0.3) is 0 Å². The van der Waals surface area contributed by atoms with E-state index in [1.807, 2.05) is 51.1 Å². The predicted molar refractivity (Wildman–Crippen MR) is 92.2 cm³/mol. The predicted octanol–water partition coefficient (Wildman–Crippen LogP) is 3.47. The van der Waals surface area contributed by atoms with Crippen molar-refractivity contribution in [2.24, 2.45) is 0 Å². The van der Waals surface area contributed by atoms with Gasteiger partial charge < -0.3 is 4.74 Å². The molecule has 0 aliphatic rings. The number of nitrogens with one attached hydrogen (secondary N) is 1. The third-order valence-electron chi connectivity index (χ3n) is 3.60. The molecule has 0 spiro atoms. The smallest absolute Gasteiger partial charge is 0.240 e. The third kappa shape index (κ3) is 4.33. The summed E-state index contributed by atoms with van der Waals surface area (Å²) in [4.78, 5) is 0.249. The first kappa shape index (κ1) is 17.5. The van der Waals surface area contributed by atoms with E-state index in [0.717, 1.165) is 11.1 Å². The lowest BCUT2D eigenvalue weighted by molar-refractivity contribution is 0.397. The van der Waals surface area contributed by atoms with Gasteiger partial charge in [0.15, 0.2) is 0 Å². The second-order valence-electron chi connectivity index (χ2n) is 6.42. The Bertz CT molecular complexity index is 763. The summed E-state index contributed by atoms with van der Waals surface area (Å²) in [5, 5.41) is 0. The Hall–Kier alpha value is -1.85. The van der Waals surface area contributed by atoms with Crippen LogP contribution in [-0.2, 0) is 22.0 Å². The third-order valence-corrected chi connectivity index (χ3v) is 5.00. The number of sulfonamides is 1. The van der Waals surface area contributed by atoms with Gasteiger partial charge in [-0.25, -0.2) is 13.1 Å². The maximum atomic E-state index is 12.5. The fourth-order valence-corrected chi connectivity index (χ4v) is 3.34. The van der Waals surface area contributed by atoms with Crippen LogP contribution < -0.4 is 9.46 Å². The fourth-order valence-electron chi connectivity index (χ4n) is 2.30. The molecule has 0 aliphatic carbocycles. The summed E-state index contributed by atoms with van der Waals surface area (Å²) < 4.78 is 33.1. The Labute approximate surface area is 138 Å². The summed E-state index contributed by atoms with van der Waals surface area (Å²) in [5.74, 6) is 0.694. The molecular formula is C18H23NO3S. The number of hydrogen-bond acceptors (Lipinski definition) is 3. The molecule has 0 fully saturated rings. The molecule has 5 heteroatoms. The molecule has 0 atom stereocenters. The standard InChI is InChI=1S/C18H23NO3S/c1-18(2,3)16-12-15(10-11-17(16)22-4)23(20,21)19-13-14-8-6-5-7-9-14/h5-12,19H,13H2,1-4H3. The molecule has 0 aliphatic heterocycles. The van der Waals surface area contributed by atoms with Gasteiger partial charge in [-0.2, -0.15) is 0 Å². The molecule has 0 saturated carbocycles. The van der Waals surface area contributed by atoms with Crippen molar-refractivity contribution in [1.29, 1.82) is 0 Å². The average molecular weight is 333 g/mol. The number of hydrogen-bond donors (Lipinski definition) is 1. The normalized spacial score (nSPS) is 12.2. The zero-order valence-electron chi connectivity index (χ0n) is 14.0. The summed E-state index contributed by atoms with van der Waals surface area (Å²) in [7, 11) is -1.98. The van der Waals surface area contributed by atoms with Crippen LogP contribution in [0.5, 0.6) is 5.75 Å². The summed E-state index contributed by atoms with van der Waals surface area (Å²) >= 11 is 0. The Morgan fingerprint density at radius 1 is 1.04 bits per heavy atom. The molecule has 0 radical (unpaired) electrons. The maximum absolute atomic E-state index is 12.5. The van der Waals surface area contributed by atoms with Gasteiger partial charge in [0.1, 0.15) is 5.75 Å². The van der Waals surface area contributed by atoms with Crippen molar-refractivity contribution in [3.8, 4) is 5.75 Å². The van der Waals surface area contributed by atoms with E-state index in [1.165, 1.54) is 0 Å². The Morgan fingerprint density at radius 3 is 2.26 bits per heavy atom. The minimum absolute atomic E-state index is 0.212. The highest BCUT2D eigenvalue weighted by Gasteiger charge is 2.23.